The number of anilines is 1. The van der Waals surface area contributed by atoms with Crippen molar-refractivity contribution in [2.24, 2.45) is 0 Å². The molecule has 1 aromatic rings. The molecule has 1 saturated heterocycles. The number of aromatic nitrogens is 2. The molecule has 1 aromatic heterocycles. The van der Waals surface area contributed by atoms with Gasteiger partial charge in [-0.15, -0.1) is 0 Å². The van der Waals surface area contributed by atoms with Crippen LogP contribution in [0.3, 0.4) is 0 Å². The third-order valence-corrected chi connectivity index (χ3v) is 3.93. The smallest absolute Gasteiger partial charge is 0.410 e. The molecular formula is C15H20Cl2N4O4. The zero-order chi connectivity index (χ0) is 18.8. The summed E-state index contributed by atoms with van der Waals surface area (Å²) in [5.41, 5.74) is -0.638. The fraction of sp³-hybridized carbons (Fsp3) is 0.600. The molecule has 25 heavy (non-hydrogen) atoms. The van der Waals surface area contributed by atoms with Crippen molar-refractivity contribution >= 4 is 41.1 Å². The SMILES string of the molecule is COC(=O)c1nc(Cl)nc(N2CCN(C(=O)OC(C)(C)C)CC2)c1Cl. The van der Waals surface area contributed by atoms with Crippen LogP contribution < -0.4 is 4.90 Å². The van der Waals surface area contributed by atoms with E-state index in [4.69, 9.17) is 27.9 Å². The number of hydrogen-bond donors (Lipinski definition) is 0. The Hall–Kier alpha value is -1.80. The summed E-state index contributed by atoms with van der Waals surface area (Å²) in [4.78, 5) is 35.2. The van der Waals surface area contributed by atoms with E-state index in [0.717, 1.165) is 0 Å². The molecule has 0 N–H and O–H groups in total. The highest BCUT2D eigenvalue weighted by Crippen LogP contribution is 2.29. The second-order valence-corrected chi connectivity index (χ2v) is 7.14. The molecule has 0 bridgehead atoms. The van der Waals surface area contributed by atoms with Crippen molar-refractivity contribution in [3.8, 4) is 0 Å². The van der Waals surface area contributed by atoms with Gasteiger partial charge < -0.3 is 19.3 Å². The molecule has 0 radical (unpaired) electrons. The summed E-state index contributed by atoms with van der Waals surface area (Å²) in [5.74, 6) is -0.353. The Morgan fingerprint density at radius 3 is 2.20 bits per heavy atom. The minimum Gasteiger partial charge on any atom is -0.464 e. The number of ether oxygens (including phenoxy) is 2. The molecule has 138 valence electrons. The Morgan fingerprint density at radius 2 is 1.68 bits per heavy atom. The van der Waals surface area contributed by atoms with E-state index in [-0.39, 0.29) is 22.1 Å². The van der Waals surface area contributed by atoms with Crippen LogP contribution in [0.25, 0.3) is 0 Å². The lowest BCUT2D eigenvalue weighted by Gasteiger charge is -2.36. The summed E-state index contributed by atoms with van der Waals surface area (Å²) in [5, 5.41) is -0.0312. The molecule has 0 atom stereocenters. The fourth-order valence-electron chi connectivity index (χ4n) is 2.28. The Bertz CT molecular complexity index is 670. The topological polar surface area (TPSA) is 84.9 Å². The largest absolute Gasteiger partial charge is 0.464 e. The van der Waals surface area contributed by atoms with Crippen LogP contribution in [-0.4, -0.2) is 65.8 Å². The maximum Gasteiger partial charge on any atom is 0.410 e. The number of carbonyl (C=O) groups is 2. The van der Waals surface area contributed by atoms with Gasteiger partial charge in [0.2, 0.25) is 5.28 Å². The van der Waals surface area contributed by atoms with Gasteiger partial charge in [-0.3, -0.25) is 0 Å². The average Bonchev–Trinajstić information content (AvgIpc) is 2.54. The average molecular weight is 391 g/mol. The molecule has 1 aliphatic rings. The van der Waals surface area contributed by atoms with Crippen LogP contribution in [0, 0.1) is 0 Å². The maximum absolute atomic E-state index is 12.1. The monoisotopic (exact) mass is 390 g/mol. The molecule has 0 unspecified atom stereocenters. The van der Waals surface area contributed by atoms with Gasteiger partial charge in [0.1, 0.15) is 10.6 Å². The highest BCUT2D eigenvalue weighted by atomic mass is 35.5. The van der Waals surface area contributed by atoms with Gasteiger partial charge >= 0.3 is 12.1 Å². The van der Waals surface area contributed by atoms with Gasteiger partial charge in [0, 0.05) is 26.2 Å². The van der Waals surface area contributed by atoms with Crippen molar-refractivity contribution in [3.05, 3.63) is 16.0 Å². The minimum atomic E-state index is -0.692. The van der Waals surface area contributed by atoms with Gasteiger partial charge in [0.15, 0.2) is 11.5 Å². The maximum atomic E-state index is 12.1. The van der Waals surface area contributed by atoms with Crippen molar-refractivity contribution in [1.82, 2.24) is 14.9 Å². The second-order valence-electron chi connectivity index (χ2n) is 6.42. The first-order valence-electron chi connectivity index (χ1n) is 7.66. The number of piperazine rings is 1. The summed E-state index contributed by atoms with van der Waals surface area (Å²) in [6, 6.07) is 0. The number of esters is 1. The summed E-state index contributed by atoms with van der Waals surface area (Å²) < 4.78 is 10.0. The van der Waals surface area contributed by atoms with E-state index in [1.807, 2.05) is 25.7 Å². The van der Waals surface area contributed by atoms with Crippen LogP contribution in [-0.2, 0) is 9.47 Å². The van der Waals surface area contributed by atoms with Crippen molar-refractivity contribution < 1.29 is 19.1 Å². The Labute approximate surface area is 156 Å². The van der Waals surface area contributed by atoms with Crippen molar-refractivity contribution in [3.63, 3.8) is 0 Å². The molecule has 0 aromatic carbocycles. The minimum absolute atomic E-state index is 0.0713. The summed E-state index contributed by atoms with van der Waals surface area (Å²) >= 11 is 12.1. The second kappa shape index (κ2) is 7.61. The van der Waals surface area contributed by atoms with E-state index < -0.39 is 11.6 Å². The van der Waals surface area contributed by atoms with Crippen LogP contribution in [0.4, 0.5) is 10.6 Å². The number of rotatable bonds is 2. The lowest BCUT2D eigenvalue weighted by molar-refractivity contribution is 0.0240. The zero-order valence-electron chi connectivity index (χ0n) is 14.5. The highest BCUT2D eigenvalue weighted by molar-refractivity contribution is 6.36. The van der Waals surface area contributed by atoms with Crippen LogP contribution in [0.15, 0.2) is 0 Å². The van der Waals surface area contributed by atoms with Gasteiger partial charge in [-0.2, -0.15) is 4.98 Å². The fourth-order valence-corrected chi connectivity index (χ4v) is 2.72. The summed E-state index contributed by atoms with van der Waals surface area (Å²) in [6.07, 6.45) is -0.366. The van der Waals surface area contributed by atoms with E-state index in [9.17, 15) is 9.59 Å². The molecule has 2 rings (SSSR count). The predicted molar refractivity (Wildman–Crippen MR) is 93.4 cm³/mol. The van der Waals surface area contributed by atoms with E-state index in [0.29, 0.717) is 32.0 Å². The molecule has 0 saturated carbocycles. The number of carbonyl (C=O) groups excluding carboxylic acids is 2. The van der Waals surface area contributed by atoms with Gasteiger partial charge in [-0.25, -0.2) is 14.6 Å². The number of hydrogen-bond acceptors (Lipinski definition) is 7. The standard InChI is InChI=1S/C15H20Cl2N4O4/c1-15(2,3)25-14(23)21-7-5-20(6-8-21)11-9(16)10(12(22)24-4)18-13(17)19-11/h5-8H2,1-4H3. The number of nitrogens with zero attached hydrogens (tertiary/aromatic N) is 4. The Kier molecular flexibility index (Phi) is 5.95. The molecule has 1 amide bonds. The van der Waals surface area contributed by atoms with Gasteiger partial charge in [0.05, 0.1) is 7.11 Å². The van der Waals surface area contributed by atoms with Crippen molar-refractivity contribution in [2.45, 2.75) is 26.4 Å². The lowest BCUT2D eigenvalue weighted by Crippen LogP contribution is -2.50. The molecule has 10 heteroatoms. The van der Waals surface area contributed by atoms with Crippen LogP contribution >= 0.6 is 23.2 Å². The molecular weight excluding hydrogens is 371 g/mol. The molecule has 1 fully saturated rings. The Morgan fingerprint density at radius 1 is 1.08 bits per heavy atom. The number of halogens is 2. The van der Waals surface area contributed by atoms with Crippen LogP contribution in [0.5, 0.6) is 0 Å². The van der Waals surface area contributed by atoms with Gasteiger partial charge in [-0.1, -0.05) is 11.6 Å². The third-order valence-electron chi connectivity index (χ3n) is 3.42. The number of methoxy groups -OCH3 is 1. The van der Waals surface area contributed by atoms with E-state index in [2.05, 4.69) is 14.7 Å². The van der Waals surface area contributed by atoms with Crippen molar-refractivity contribution in [2.75, 3.05) is 38.2 Å². The Balaban J connectivity index is 2.12. The van der Waals surface area contributed by atoms with Crippen LogP contribution in [0.1, 0.15) is 31.3 Å². The van der Waals surface area contributed by atoms with E-state index in [1.165, 1.54) is 7.11 Å². The lowest BCUT2D eigenvalue weighted by atomic mass is 10.2. The van der Waals surface area contributed by atoms with Crippen molar-refractivity contribution in [1.29, 1.82) is 0 Å². The molecule has 1 aliphatic heterocycles. The predicted octanol–water partition coefficient (Wildman–Crippen LogP) is 2.63. The first kappa shape index (κ1) is 19.5. The third kappa shape index (κ3) is 4.85. The van der Waals surface area contributed by atoms with E-state index in [1.54, 1.807) is 4.90 Å². The van der Waals surface area contributed by atoms with Gasteiger partial charge in [0.25, 0.3) is 0 Å². The highest BCUT2D eigenvalue weighted by Gasteiger charge is 2.29. The first-order chi connectivity index (χ1) is 11.6. The van der Waals surface area contributed by atoms with Crippen LogP contribution in [0.2, 0.25) is 10.3 Å². The number of amides is 1. The van der Waals surface area contributed by atoms with E-state index >= 15 is 0 Å². The molecule has 8 nitrogen and oxygen atoms in total. The zero-order valence-corrected chi connectivity index (χ0v) is 16.0. The summed E-state index contributed by atoms with van der Waals surface area (Å²) in [6.45, 7) is 7.25. The molecule has 2 heterocycles. The first-order valence-corrected chi connectivity index (χ1v) is 8.42. The summed E-state index contributed by atoms with van der Waals surface area (Å²) in [7, 11) is 1.23. The van der Waals surface area contributed by atoms with Gasteiger partial charge in [-0.05, 0) is 32.4 Å². The molecule has 0 spiro atoms. The molecule has 0 aliphatic carbocycles. The quantitative estimate of drug-likeness (QED) is 0.566. The normalized spacial score (nSPS) is 15.1.